The van der Waals surface area contributed by atoms with E-state index in [-0.39, 0.29) is 5.91 Å². The molecule has 1 aromatic carbocycles. The summed E-state index contributed by atoms with van der Waals surface area (Å²) in [7, 11) is 0. The first-order valence-corrected chi connectivity index (χ1v) is 8.62. The second-order valence-electron chi connectivity index (χ2n) is 6.38. The van der Waals surface area contributed by atoms with Crippen LogP contribution in [0.3, 0.4) is 0 Å². The van der Waals surface area contributed by atoms with Crippen molar-refractivity contribution in [2.75, 3.05) is 19.6 Å². The van der Waals surface area contributed by atoms with E-state index in [1.54, 1.807) is 6.07 Å². The van der Waals surface area contributed by atoms with Crippen LogP contribution >= 0.6 is 0 Å². The molecule has 4 heteroatoms. The molecule has 0 bridgehead atoms. The highest BCUT2D eigenvalue weighted by atomic mass is 16.1. The molecular weight excluding hydrogens is 286 g/mol. The van der Waals surface area contributed by atoms with Crippen LogP contribution in [-0.4, -0.2) is 41.5 Å². The predicted octanol–water partition coefficient (Wildman–Crippen LogP) is 3.23. The summed E-state index contributed by atoms with van der Waals surface area (Å²) in [5.74, 6) is -0.0811. The summed E-state index contributed by atoms with van der Waals surface area (Å²) in [4.78, 5) is 19.2. The van der Waals surface area contributed by atoms with E-state index in [1.165, 1.54) is 25.8 Å². The minimum atomic E-state index is -0.0811. The molecule has 122 valence electrons. The van der Waals surface area contributed by atoms with Gasteiger partial charge in [-0.2, -0.15) is 0 Å². The van der Waals surface area contributed by atoms with Crippen molar-refractivity contribution in [2.45, 2.75) is 38.6 Å². The van der Waals surface area contributed by atoms with E-state index in [1.807, 2.05) is 30.3 Å². The number of aromatic nitrogens is 1. The Morgan fingerprint density at radius 3 is 3.00 bits per heavy atom. The Hall–Kier alpha value is -1.94. The molecule has 0 radical (unpaired) electrons. The predicted molar refractivity (Wildman–Crippen MR) is 93.6 cm³/mol. The fourth-order valence-electron chi connectivity index (χ4n) is 3.26. The molecule has 23 heavy (non-hydrogen) atoms. The van der Waals surface area contributed by atoms with Crippen molar-refractivity contribution in [3.05, 3.63) is 42.1 Å². The fraction of sp³-hybridized carbons (Fsp3) is 0.474. The molecule has 1 aromatic heterocycles. The van der Waals surface area contributed by atoms with E-state index in [4.69, 9.17) is 0 Å². The van der Waals surface area contributed by atoms with Crippen molar-refractivity contribution in [3.63, 3.8) is 0 Å². The van der Waals surface area contributed by atoms with Gasteiger partial charge in [0.05, 0.1) is 5.52 Å². The number of hydrogen-bond donors (Lipinski definition) is 1. The van der Waals surface area contributed by atoms with Gasteiger partial charge in [-0.15, -0.1) is 0 Å². The van der Waals surface area contributed by atoms with Gasteiger partial charge in [-0.3, -0.25) is 4.79 Å². The number of nitrogens with one attached hydrogen (secondary N) is 1. The maximum Gasteiger partial charge on any atom is 0.269 e. The molecule has 2 aromatic rings. The van der Waals surface area contributed by atoms with Crippen LogP contribution in [-0.2, 0) is 0 Å². The first kappa shape index (κ1) is 15.9. The van der Waals surface area contributed by atoms with E-state index >= 15 is 0 Å². The van der Waals surface area contributed by atoms with Crippen molar-refractivity contribution in [1.82, 2.24) is 15.2 Å². The van der Waals surface area contributed by atoms with Gasteiger partial charge in [0.25, 0.3) is 5.91 Å². The van der Waals surface area contributed by atoms with Crippen LogP contribution in [0.1, 0.15) is 43.1 Å². The Labute approximate surface area is 137 Å². The van der Waals surface area contributed by atoms with Crippen LogP contribution < -0.4 is 5.32 Å². The van der Waals surface area contributed by atoms with E-state index in [9.17, 15) is 4.79 Å². The van der Waals surface area contributed by atoms with Crippen molar-refractivity contribution in [2.24, 2.45) is 0 Å². The van der Waals surface area contributed by atoms with Gasteiger partial charge in [0, 0.05) is 24.5 Å². The van der Waals surface area contributed by atoms with E-state index < -0.39 is 0 Å². The summed E-state index contributed by atoms with van der Waals surface area (Å²) in [6.07, 6.45) is 4.94. The number of nitrogens with zero attached hydrogens (tertiary/aromatic N) is 2. The number of fused-ring (bicyclic) bond motifs is 1. The lowest BCUT2D eigenvalue weighted by molar-refractivity contribution is 0.0944. The third-order valence-corrected chi connectivity index (χ3v) is 4.68. The molecule has 3 rings (SSSR count). The maximum absolute atomic E-state index is 12.2. The van der Waals surface area contributed by atoms with Gasteiger partial charge in [0.2, 0.25) is 0 Å². The first-order valence-electron chi connectivity index (χ1n) is 8.62. The van der Waals surface area contributed by atoms with Crippen LogP contribution in [0.4, 0.5) is 0 Å². The molecule has 1 atom stereocenters. The first-order chi connectivity index (χ1) is 11.2. The molecule has 0 spiro atoms. The van der Waals surface area contributed by atoms with E-state index in [0.29, 0.717) is 18.3 Å². The van der Waals surface area contributed by atoms with Crippen LogP contribution in [0.2, 0.25) is 0 Å². The fourth-order valence-corrected chi connectivity index (χ4v) is 3.26. The molecule has 1 aliphatic heterocycles. The Kier molecular flexibility index (Phi) is 5.23. The van der Waals surface area contributed by atoms with Gasteiger partial charge in [-0.05, 0) is 44.9 Å². The molecule has 0 saturated carbocycles. The number of para-hydroxylation sites is 1. The number of likely N-dealkylation sites (tertiary alicyclic amines) is 1. The third kappa shape index (κ3) is 4.08. The molecule has 2 heterocycles. The molecule has 0 unspecified atom stereocenters. The Morgan fingerprint density at radius 2 is 2.13 bits per heavy atom. The number of rotatable bonds is 5. The Bertz CT molecular complexity index is 670. The summed E-state index contributed by atoms with van der Waals surface area (Å²) in [6, 6.07) is 12.3. The topological polar surface area (TPSA) is 45.2 Å². The maximum atomic E-state index is 12.2. The highest BCUT2D eigenvalue weighted by Gasteiger charge is 2.17. The normalized spacial score (nSPS) is 18.9. The zero-order valence-electron chi connectivity index (χ0n) is 13.8. The standard InChI is InChI=1S/C19H25N3O/c1-15-7-4-5-13-22(15)14-6-12-20-19(23)18-11-10-16-8-2-3-9-17(16)21-18/h2-3,8-11,15H,4-7,12-14H2,1H3,(H,20,23)/t15-/m0/s1. The molecule has 1 N–H and O–H groups in total. The minimum absolute atomic E-state index is 0.0811. The van der Waals surface area contributed by atoms with Crippen LogP contribution in [0.25, 0.3) is 10.9 Å². The van der Waals surface area contributed by atoms with Gasteiger partial charge in [-0.1, -0.05) is 30.7 Å². The van der Waals surface area contributed by atoms with Gasteiger partial charge in [0.1, 0.15) is 5.69 Å². The number of amides is 1. The summed E-state index contributed by atoms with van der Waals surface area (Å²) in [6.45, 7) is 5.27. The summed E-state index contributed by atoms with van der Waals surface area (Å²) < 4.78 is 0. The number of piperidine rings is 1. The molecule has 1 fully saturated rings. The molecule has 1 amide bonds. The summed E-state index contributed by atoms with van der Waals surface area (Å²) in [5.41, 5.74) is 1.36. The SMILES string of the molecule is C[C@H]1CCCCN1CCCNC(=O)c1ccc2ccccc2n1. The zero-order chi connectivity index (χ0) is 16.1. The highest BCUT2D eigenvalue weighted by Crippen LogP contribution is 2.16. The zero-order valence-corrected chi connectivity index (χ0v) is 13.8. The van der Waals surface area contributed by atoms with Gasteiger partial charge in [0.15, 0.2) is 0 Å². The van der Waals surface area contributed by atoms with Crippen LogP contribution in [0.15, 0.2) is 36.4 Å². The van der Waals surface area contributed by atoms with Gasteiger partial charge in [-0.25, -0.2) is 4.98 Å². The average molecular weight is 311 g/mol. The second kappa shape index (κ2) is 7.55. The lowest BCUT2D eigenvalue weighted by Crippen LogP contribution is -2.39. The lowest BCUT2D eigenvalue weighted by Gasteiger charge is -2.33. The Morgan fingerprint density at radius 1 is 1.26 bits per heavy atom. The van der Waals surface area contributed by atoms with Gasteiger partial charge < -0.3 is 10.2 Å². The number of carbonyl (C=O) groups excluding carboxylic acids is 1. The van der Waals surface area contributed by atoms with Gasteiger partial charge >= 0.3 is 0 Å². The second-order valence-corrected chi connectivity index (χ2v) is 6.38. The Balaban J connectivity index is 1.48. The van der Waals surface area contributed by atoms with Crippen molar-refractivity contribution < 1.29 is 4.79 Å². The monoisotopic (exact) mass is 311 g/mol. The number of hydrogen-bond acceptors (Lipinski definition) is 3. The van der Waals surface area contributed by atoms with Crippen molar-refractivity contribution in [1.29, 1.82) is 0 Å². The molecule has 0 aliphatic carbocycles. The number of benzene rings is 1. The summed E-state index contributed by atoms with van der Waals surface area (Å²) in [5, 5.41) is 4.05. The molecule has 1 aliphatic rings. The quantitative estimate of drug-likeness (QED) is 0.862. The molecular formula is C19H25N3O. The van der Waals surface area contributed by atoms with E-state index in [0.717, 1.165) is 23.9 Å². The third-order valence-electron chi connectivity index (χ3n) is 4.68. The smallest absolute Gasteiger partial charge is 0.269 e. The largest absolute Gasteiger partial charge is 0.351 e. The van der Waals surface area contributed by atoms with Crippen LogP contribution in [0.5, 0.6) is 0 Å². The highest BCUT2D eigenvalue weighted by molar-refractivity contribution is 5.94. The molecule has 4 nitrogen and oxygen atoms in total. The summed E-state index contributed by atoms with van der Waals surface area (Å²) >= 11 is 0. The molecule has 1 saturated heterocycles. The number of pyridine rings is 1. The van der Waals surface area contributed by atoms with Crippen molar-refractivity contribution >= 4 is 16.8 Å². The van der Waals surface area contributed by atoms with E-state index in [2.05, 4.69) is 22.1 Å². The minimum Gasteiger partial charge on any atom is -0.351 e. The van der Waals surface area contributed by atoms with Crippen molar-refractivity contribution in [3.8, 4) is 0 Å². The van der Waals surface area contributed by atoms with Crippen LogP contribution in [0, 0.1) is 0 Å². The number of carbonyl (C=O) groups is 1. The lowest BCUT2D eigenvalue weighted by atomic mass is 10.0. The average Bonchev–Trinajstić information content (AvgIpc) is 2.59.